The molecule has 0 bridgehead atoms. The molecule has 112 valence electrons. The lowest BCUT2D eigenvalue weighted by atomic mass is 10.1. The van der Waals surface area contributed by atoms with Gasteiger partial charge in [0, 0.05) is 31.7 Å². The smallest absolute Gasteiger partial charge is 0.274 e. The minimum atomic E-state index is -0.756. The number of benzene rings is 1. The normalized spacial score (nSPS) is 18.1. The average Bonchev–Trinajstić information content (AvgIpc) is 2.77. The first kappa shape index (κ1) is 15.4. The maximum absolute atomic E-state index is 13.4. The summed E-state index contributed by atoms with van der Waals surface area (Å²) >= 11 is 1.14. The minimum Gasteiger partial charge on any atom is -0.312 e. The molecule has 1 atom stereocenters. The summed E-state index contributed by atoms with van der Waals surface area (Å²) < 4.78 is 13.4. The van der Waals surface area contributed by atoms with Gasteiger partial charge in [0.05, 0.1) is 16.7 Å². The zero-order valence-corrected chi connectivity index (χ0v) is 12.1. The lowest BCUT2D eigenvalue weighted by Crippen LogP contribution is -2.25. The second-order valence-corrected chi connectivity index (χ2v) is 6.00. The molecular weight excluding hydrogens is 299 g/mol. The van der Waals surface area contributed by atoms with Crippen LogP contribution in [0.1, 0.15) is 13.3 Å². The largest absolute Gasteiger partial charge is 0.312 e. The number of hydrogen-bond acceptors (Lipinski definition) is 5. The lowest BCUT2D eigenvalue weighted by molar-refractivity contribution is -0.385. The molecule has 0 spiro atoms. The van der Waals surface area contributed by atoms with Crippen LogP contribution in [0.15, 0.2) is 18.2 Å². The molecule has 0 N–H and O–H groups in total. The molecular formula is C13H13FN2O4S. The highest BCUT2D eigenvalue weighted by atomic mass is 32.2. The zero-order valence-electron chi connectivity index (χ0n) is 11.2. The first-order chi connectivity index (χ1) is 9.86. The van der Waals surface area contributed by atoms with E-state index in [1.807, 2.05) is 0 Å². The summed E-state index contributed by atoms with van der Waals surface area (Å²) in [6.45, 7) is 1.79. The number of anilines is 1. The molecule has 6 nitrogen and oxygen atoms in total. The molecule has 1 aromatic rings. The number of halogens is 1. The molecule has 8 heteroatoms. The van der Waals surface area contributed by atoms with Gasteiger partial charge in [0.15, 0.2) is 5.12 Å². The van der Waals surface area contributed by atoms with Crippen LogP contribution in [0.25, 0.3) is 0 Å². The van der Waals surface area contributed by atoms with E-state index in [0.717, 1.165) is 23.9 Å². The molecule has 0 radical (unpaired) electrons. The van der Waals surface area contributed by atoms with Crippen LogP contribution in [0.4, 0.5) is 15.8 Å². The van der Waals surface area contributed by atoms with Gasteiger partial charge in [-0.1, -0.05) is 11.8 Å². The number of amides is 1. The number of hydrogen-bond donors (Lipinski definition) is 0. The summed E-state index contributed by atoms with van der Waals surface area (Å²) in [5.74, 6) is -0.485. The van der Waals surface area contributed by atoms with Crippen LogP contribution in [0.5, 0.6) is 0 Å². The Morgan fingerprint density at radius 3 is 2.86 bits per heavy atom. The number of carbonyl (C=O) groups is 2. The third-order valence-electron chi connectivity index (χ3n) is 3.12. The predicted octanol–water partition coefficient (Wildman–Crippen LogP) is 2.37. The van der Waals surface area contributed by atoms with Crippen LogP contribution in [0.2, 0.25) is 0 Å². The van der Waals surface area contributed by atoms with E-state index in [9.17, 15) is 24.1 Å². The van der Waals surface area contributed by atoms with Gasteiger partial charge in [-0.2, -0.15) is 0 Å². The molecule has 1 amide bonds. The molecule has 1 aliphatic rings. The summed E-state index contributed by atoms with van der Waals surface area (Å²) in [7, 11) is 0. The van der Waals surface area contributed by atoms with Crippen LogP contribution >= 0.6 is 11.8 Å². The quantitative estimate of drug-likeness (QED) is 0.630. The number of non-ortho nitro benzene ring substituents is 1. The summed E-state index contributed by atoms with van der Waals surface area (Å²) in [6.07, 6.45) is 0.255. The first-order valence-electron chi connectivity index (χ1n) is 6.25. The van der Waals surface area contributed by atoms with Gasteiger partial charge in [-0.05, 0) is 12.0 Å². The molecule has 1 aromatic carbocycles. The van der Waals surface area contributed by atoms with Crippen LogP contribution in [-0.2, 0) is 9.59 Å². The van der Waals surface area contributed by atoms with Gasteiger partial charge in [-0.3, -0.25) is 19.7 Å². The lowest BCUT2D eigenvalue weighted by Gasteiger charge is -2.16. The van der Waals surface area contributed by atoms with Crippen molar-refractivity contribution < 1.29 is 18.9 Å². The van der Waals surface area contributed by atoms with E-state index in [4.69, 9.17) is 0 Å². The van der Waals surface area contributed by atoms with Crippen molar-refractivity contribution in [1.82, 2.24) is 0 Å². The Morgan fingerprint density at radius 1 is 1.52 bits per heavy atom. The van der Waals surface area contributed by atoms with Gasteiger partial charge in [0.1, 0.15) is 5.82 Å². The molecule has 0 aliphatic carbocycles. The number of nitrogens with zero attached hydrogens (tertiary/aromatic N) is 2. The van der Waals surface area contributed by atoms with Gasteiger partial charge in [-0.25, -0.2) is 4.39 Å². The molecule has 1 heterocycles. The van der Waals surface area contributed by atoms with Gasteiger partial charge in [-0.15, -0.1) is 0 Å². The highest BCUT2D eigenvalue weighted by Gasteiger charge is 2.31. The Labute approximate surface area is 124 Å². The van der Waals surface area contributed by atoms with Crippen molar-refractivity contribution in [2.24, 2.45) is 5.92 Å². The van der Waals surface area contributed by atoms with Crippen LogP contribution < -0.4 is 4.90 Å². The molecule has 2 rings (SSSR count). The van der Waals surface area contributed by atoms with E-state index < -0.39 is 10.7 Å². The monoisotopic (exact) mass is 312 g/mol. The van der Waals surface area contributed by atoms with Crippen molar-refractivity contribution in [3.8, 4) is 0 Å². The number of nitro benzene ring substituents is 1. The van der Waals surface area contributed by atoms with Crippen molar-refractivity contribution in [1.29, 1.82) is 0 Å². The molecule has 21 heavy (non-hydrogen) atoms. The van der Waals surface area contributed by atoms with E-state index >= 15 is 0 Å². The SMILES string of the molecule is CC(=O)SCC1CC(=O)N(c2cc(F)cc([N+](=O)[O-])c2)C1. The minimum absolute atomic E-state index is 0.0197. The van der Waals surface area contributed by atoms with E-state index in [0.29, 0.717) is 12.3 Å². The highest BCUT2D eigenvalue weighted by Crippen LogP contribution is 2.30. The molecule has 1 fully saturated rings. The van der Waals surface area contributed by atoms with Crippen LogP contribution in [-0.4, -0.2) is 28.2 Å². The summed E-state index contributed by atoms with van der Waals surface area (Å²) in [5, 5.41) is 10.7. The predicted molar refractivity (Wildman–Crippen MR) is 76.7 cm³/mol. The standard InChI is InChI=1S/C13H13FN2O4S/c1-8(17)21-7-9-2-13(18)15(6-9)11-3-10(14)4-12(5-11)16(19)20/h3-5,9H,2,6-7H2,1H3. The van der Waals surface area contributed by atoms with Gasteiger partial charge in [0.2, 0.25) is 5.91 Å². The van der Waals surface area contributed by atoms with E-state index in [1.165, 1.54) is 17.9 Å². The van der Waals surface area contributed by atoms with Crippen molar-refractivity contribution >= 4 is 34.2 Å². The third-order valence-corrected chi connectivity index (χ3v) is 4.16. The van der Waals surface area contributed by atoms with Gasteiger partial charge < -0.3 is 4.90 Å². The second-order valence-electron chi connectivity index (χ2n) is 4.80. The molecule has 0 aromatic heterocycles. The van der Waals surface area contributed by atoms with Crippen LogP contribution in [0.3, 0.4) is 0 Å². The summed E-state index contributed by atoms with van der Waals surface area (Å²) in [4.78, 5) is 34.3. The van der Waals surface area contributed by atoms with Crippen molar-refractivity contribution in [3.63, 3.8) is 0 Å². The van der Waals surface area contributed by atoms with Crippen molar-refractivity contribution in [2.75, 3.05) is 17.2 Å². The van der Waals surface area contributed by atoms with E-state index in [2.05, 4.69) is 0 Å². The van der Waals surface area contributed by atoms with Gasteiger partial charge >= 0.3 is 0 Å². The maximum atomic E-state index is 13.4. The molecule has 1 unspecified atom stereocenters. The topological polar surface area (TPSA) is 80.5 Å². The third kappa shape index (κ3) is 3.78. The fourth-order valence-electron chi connectivity index (χ4n) is 2.20. The Hall–Kier alpha value is -1.96. The van der Waals surface area contributed by atoms with Gasteiger partial charge in [0.25, 0.3) is 5.69 Å². The first-order valence-corrected chi connectivity index (χ1v) is 7.24. The maximum Gasteiger partial charge on any atom is 0.274 e. The molecule has 1 saturated heterocycles. The fourth-order valence-corrected chi connectivity index (χ4v) is 2.89. The number of thioether (sulfide) groups is 1. The number of carbonyl (C=O) groups excluding carboxylic acids is 2. The number of nitro groups is 1. The summed E-state index contributed by atoms with van der Waals surface area (Å²) in [5.41, 5.74) is -0.207. The molecule has 0 saturated carbocycles. The van der Waals surface area contributed by atoms with Crippen LogP contribution in [0, 0.1) is 21.8 Å². The van der Waals surface area contributed by atoms with Crippen molar-refractivity contribution in [2.45, 2.75) is 13.3 Å². The zero-order chi connectivity index (χ0) is 15.6. The highest BCUT2D eigenvalue weighted by molar-refractivity contribution is 8.13. The average molecular weight is 312 g/mol. The second kappa shape index (κ2) is 6.21. The Kier molecular flexibility index (Phi) is 4.56. The Bertz CT molecular complexity index is 608. The Morgan fingerprint density at radius 2 is 2.24 bits per heavy atom. The molecule has 1 aliphatic heterocycles. The van der Waals surface area contributed by atoms with E-state index in [-0.39, 0.29) is 34.7 Å². The number of rotatable bonds is 4. The summed E-state index contributed by atoms with van der Waals surface area (Å²) in [6, 6.07) is 3.10. The van der Waals surface area contributed by atoms with Crippen molar-refractivity contribution in [3.05, 3.63) is 34.1 Å². The fraction of sp³-hybridized carbons (Fsp3) is 0.385. The Balaban J connectivity index is 2.17. The van der Waals surface area contributed by atoms with E-state index in [1.54, 1.807) is 0 Å².